The van der Waals surface area contributed by atoms with Crippen LogP contribution in [-0.2, 0) is 11.3 Å². The molecule has 1 aliphatic heterocycles. The molecule has 4 rings (SSSR count). The van der Waals surface area contributed by atoms with Crippen molar-refractivity contribution < 1.29 is 28.5 Å². The van der Waals surface area contributed by atoms with E-state index in [0.29, 0.717) is 47.0 Å². The highest BCUT2D eigenvalue weighted by Gasteiger charge is 2.37. The molecule has 8 heteroatoms. The lowest BCUT2D eigenvalue weighted by atomic mass is 9.99. The van der Waals surface area contributed by atoms with Gasteiger partial charge in [-0.15, -0.1) is 0 Å². The zero-order chi connectivity index (χ0) is 21.1. The number of furan rings is 1. The van der Waals surface area contributed by atoms with E-state index in [1.165, 1.54) is 0 Å². The summed E-state index contributed by atoms with van der Waals surface area (Å²) in [6.45, 7) is 2.61. The summed E-state index contributed by atoms with van der Waals surface area (Å²) in [4.78, 5) is 17.2. The van der Waals surface area contributed by atoms with Gasteiger partial charge in [0.05, 0.1) is 37.0 Å². The van der Waals surface area contributed by atoms with Crippen LogP contribution in [0.4, 0.5) is 0 Å². The highest BCUT2D eigenvalue weighted by molar-refractivity contribution is 6.07. The van der Waals surface area contributed by atoms with Crippen molar-refractivity contribution >= 4 is 16.9 Å². The second-order valence-corrected chi connectivity index (χ2v) is 7.35. The van der Waals surface area contributed by atoms with E-state index in [0.717, 1.165) is 5.56 Å². The van der Waals surface area contributed by atoms with Crippen LogP contribution in [-0.4, -0.2) is 48.5 Å². The fourth-order valence-corrected chi connectivity index (χ4v) is 3.62. The highest BCUT2D eigenvalue weighted by atomic mass is 16.5. The summed E-state index contributed by atoms with van der Waals surface area (Å²) in [5.74, 6) is 1.28. The monoisotopic (exact) mass is 412 g/mol. The maximum atomic E-state index is 13.0. The Balaban J connectivity index is 1.58. The molecular formula is C22H24N2O6. The van der Waals surface area contributed by atoms with E-state index in [2.05, 4.69) is 10.3 Å². The number of nitrogens with one attached hydrogen (secondary N) is 1. The summed E-state index contributed by atoms with van der Waals surface area (Å²) in [6.07, 6.45) is 2.22. The molecule has 0 spiro atoms. The fraction of sp³-hybridized carbons (Fsp3) is 0.364. The molecule has 1 fully saturated rings. The van der Waals surface area contributed by atoms with Crippen molar-refractivity contribution in [1.82, 2.24) is 10.3 Å². The minimum absolute atomic E-state index is 0.186. The lowest BCUT2D eigenvalue weighted by molar-refractivity contribution is 0.0789. The Labute approximate surface area is 173 Å². The van der Waals surface area contributed by atoms with E-state index in [4.69, 9.17) is 18.6 Å². The van der Waals surface area contributed by atoms with Crippen molar-refractivity contribution in [2.75, 3.05) is 26.9 Å². The van der Waals surface area contributed by atoms with E-state index in [1.807, 2.05) is 12.1 Å². The van der Waals surface area contributed by atoms with Gasteiger partial charge in [0.25, 0.3) is 5.91 Å². The zero-order valence-electron chi connectivity index (χ0n) is 16.9. The van der Waals surface area contributed by atoms with Crippen LogP contribution in [0.1, 0.15) is 28.1 Å². The number of methoxy groups -OCH3 is 1. The molecule has 1 atom stereocenters. The molecule has 1 saturated heterocycles. The predicted octanol–water partition coefficient (Wildman–Crippen LogP) is 2.61. The van der Waals surface area contributed by atoms with Crippen LogP contribution >= 0.6 is 0 Å². The van der Waals surface area contributed by atoms with E-state index in [-0.39, 0.29) is 25.7 Å². The maximum Gasteiger partial charge on any atom is 0.256 e. The second-order valence-electron chi connectivity index (χ2n) is 7.35. The summed E-state index contributed by atoms with van der Waals surface area (Å²) in [7, 11) is 1.56. The number of rotatable bonds is 7. The van der Waals surface area contributed by atoms with E-state index >= 15 is 0 Å². The summed E-state index contributed by atoms with van der Waals surface area (Å²) in [5, 5.41) is 13.3. The number of aliphatic hydroxyl groups is 1. The van der Waals surface area contributed by atoms with Crippen molar-refractivity contribution in [1.29, 1.82) is 0 Å². The molecule has 0 bridgehead atoms. The number of aliphatic hydroxyl groups excluding tert-OH is 1. The van der Waals surface area contributed by atoms with Gasteiger partial charge in [0.1, 0.15) is 23.7 Å². The molecule has 3 heterocycles. The smallest absolute Gasteiger partial charge is 0.256 e. The molecule has 2 aromatic heterocycles. The Morgan fingerprint density at radius 3 is 2.97 bits per heavy atom. The van der Waals surface area contributed by atoms with Gasteiger partial charge < -0.3 is 29.1 Å². The molecule has 2 N–H and O–H groups in total. The molecule has 30 heavy (non-hydrogen) atoms. The first-order valence-electron chi connectivity index (χ1n) is 9.70. The van der Waals surface area contributed by atoms with Gasteiger partial charge in [0.15, 0.2) is 0 Å². The van der Waals surface area contributed by atoms with E-state index in [9.17, 15) is 9.90 Å². The Hall–Kier alpha value is -3.10. The Kier molecular flexibility index (Phi) is 5.61. The molecule has 3 aromatic rings. The number of pyridine rings is 1. The largest absolute Gasteiger partial charge is 0.489 e. The second kappa shape index (κ2) is 8.33. The highest BCUT2D eigenvalue weighted by Crippen LogP contribution is 2.31. The number of fused-ring (bicyclic) bond motifs is 1. The summed E-state index contributed by atoms with van der Waals surface area (Å²) < 4.78 is 22.3. The van der Waals surface area contributed by atoms with Crippen LogP contribution in [0, 0.1) is 6.92 Å². The molecule has 1 aliphatic rings. The number of nitrogens with zero attached hydrogens (tertiary/aromatic N) is 1. The fourth-order valence-electron chi connectivity index (χ4n) is 3.62. The molecular weight excluding hydrogens is 388 g/mol. The zero-order valence-corrected chi connectivity index (χ0v) is 16.9. The molecule has 0 saturated carbocycles. The van der Waals surface area contributed by atoms with Gasteiger partial charge in [-0.2, -0.15) is 0 Å². The van der Waals surface area contributed by atoms with Crippen molar-refractivity contribution in [3.8, 4) is 11.6 Å². The summed E-state index contributed by atoms with van der Waals surface area (Å²) >= 11 is 0. The minimum Gasteiger partial charge on any atom is -0.489 e. The van der Waals surface area contributed by atoms with Crippen LogP contribution in [0.15, 0.2) is 40.9 Å². The average Bonchev–Trinajstić information content (AvgIpc) is 3.35. The Morgan fingerprint density at radius 2 is 2.23 bits per heavy atom. The quantitative estimate of drug-likeness (QED) is 0.615. The summed E-state index contributed by atoms with van der Waals surface area (Å²) in [5.41, 5.74) is 1.06. The van der Waals surface area contributed by atoms with Gasteiger partial charge in [0.2, 0.25) is 5.88 Å². The van der Waals surface area contributed by atoms with Gasteiger partial charge in [-0.3, -0.25) is 4.79 Å². The SMILES string of the molecule is COc1ncccc1COc1ccc2oc(C)c(C(=O)NC3(CO)CCOC3)c2c1. The molecule has 1 aromatic carbocycles. The van der Waals surface area contributed by atoms with Crippen molar-refractivity contribution in [2.24, 2.45) is 0 Å². The van der Waals surface area contributed by atoms with E-state index in [1.54, 1.807) is 38.4 Å². The number of amides is 1. The first kappa shape index (κ1) is 20.2. The van der Waals surface area contributed by atoms with Gasteiger partial charge in [-0.1, -0.05) is 0 Å². The topological polar surface area (TPSA) is 103 Å². The molecule has 1 unspecified atom stereocenters. The van der Waals surface area contributed by atoms with Crippen molar-refractivity contribution in [2.45, 2.75) is 25.5 Å². The molecule has 158 valence electrons. The van der Waals surface area contributed by atoms with Crippen LogP contribution < -0.4 is 14.8 Å². The van der Waals surface area contributed by atoms with Gasteiger partial charge in [-0.25, -0.2) is 4.98 Å². The van der Waals surface area contributed by atoms with Gasteiger partial charge >= 0.3 is 0 Å². The predicted molar refractivity (Wildman–Crippen MR) is 109 cm³/mol. The first-order chi connectivity index (χ1) is 14.5. The number of benzene rings is 1. The molecule has 0 radical (unpaired) electrons. The Morgan fingerprint density at radius 1 is 1.37 bits per heavy atom. The minimum atomic E-state index is -0.766. The number of carbonyl (C=O) groups excluding carboxylic acids is 1. The standard InChI is InChI=1S/C22H24N2O6/c1-14-19(20(26)24-22(12-25)7-9-28-13-22)17-10-16(5-6-18(17)30-14)29-11-15-4-3-8-23-21(15)27-2/h3-6,8,10,25H,7,9,11-13H2,1-2H3,(H,24,26). The molecule has 1 amide bonds. The summed E-state index contributed by atoms with van der Waals surface area (Å²) in [6, 6.07) is 9.03. The van der Waals surface area contributed by atoms with Gasteiger partial charge in [0, 0.05) is 18.2 Å². The number of aromatic nitrogens is 1. The number of aryl methyl sites for hydroxylation is 1. The number of hydrogen-bond donors (Lipinski definition) is 2. The third-order valence-corrected chi connectivity index (χ3v) is 5.28. The normalized spacial score (nSPS) is 18.5. The van der Waals surface area contributed by atoms with Crippen molar-refractivity contribution in [3.05, 3.63) is 53.4 Å². The first-order valence-corrected chi connectivity index (χ1v) is 9.70. The number of hydrogen-bond acceptors (Lipinski definition) is 7. The van der Waals surface area contributed by atoms with Crippen LogP contribution in [0.25, 0.3) is 11.0 Å². The third-order valence-electron chi connectivity index (χ3n) is 5.28. The van der Waals surface area contributed by atoms with Crippen molar-refractivity contribution in [3.63, 3.8) is 0 Å². The maximum absolute atomic E-state index is 13.0. The lowest BCUT2D eigenvalue weighted by Gasteiger charge is -2.26. The third kappa shape index (κ3) is 3.83. The van der Waals surface area contributed by atoms with E-state index < -0.39 is 5.54 Å². The number of carbonyl (C=O) groups is 1. The molecule has 8 nitrogen and oxygen atoms in total. The van der Waals surface area contributed by atoms with Crippen LogP contribution in [0.2, 0.25) is 0 Å². The lowest BCUT2D eigenvalue weighted by Crippen LogP contribution is -2.52. The van der Waals surface area contributed by atoms with Gasteiger partial charge in [-0.05, 0) is 43.7 Å². The Bertz CT molecular complexity index is 1050. The molecule has 0 aliphatic carbocycles. The van der Waals surface area contributed by atoms with Crippen LogP contribution in [0.3, 0.4) is 0 Å². The average molecular weight is 412 g/mol. The van der Waals surface area contributed by atoms with Crippen LogP contribution in [0.5, 0.6) is 11.6 Å². The number of ether oxygens (including phenoxy) is 3.